The average Bonchev–Trinajstić information content (AvgIpc) is 2.83. The molecular weight excluding hydrogens is 449 g/mol. The summed E-state index contributed by atoms with van der Waals surface area (Å²) >= 11 is 1.11. The number of alkyl halides is 3. The van der Waals surface area contributed by atoms with E-state index in [1.54, 1.807) is 6.26 Å². The Balaban J connectivity index is 1.79. The van der Waals surface area contributed by atoms with Crippen molar-refractivity contribution in [1.29, 1.82) is 0 Å². The molecule has 0 aromatic heterocycles. The normalized spacial score (nSPS) is 23.6. The molecule has 0 bridgehead atoms. The Hall–Kier alpha value is -2.19. The Kier molecular flexibility index (Phi) is 6.96. The number of hydrogen-bond donors (Lipinski definition) is 1. The van der Waals surface area contributed by atoms with Gasteiger partial charge in [-0.2, -0.15) is 13.2 Å². The molecule has 1 unspecified atom stereocenters. The van der Waals surface area contributed by atoms with Gasteiger partial charge in [-0.05, 0) is 62.7 Å². The fourth-order valence-electron chi connectivity index (χ4n) is 5.40. The Bertz CT molecular complexity index is 972. The van der Waals surface area contributed by atoms with E-state index in [4.69, 9.17) is 4.74 Å². The molecule has 2 aromatic rings. The van der Waals surface area contributed by atoms with Crippen LogP contribution in [0.3, 0.4) is 0 Å². The molecule has 178 valence electrons. The largest absolute Gasteiger partial charge is 0.496 e. The Morgan fingerprint density at radius 2 is 1.88 bits per heavy atom. The number of thioether (sulfide) groups is 1. The third kappa shape index (κ3) is 4.60. The average molecular weight is 479 g/mol. The monoisotopic (exact) mass is 478 g/mol. The molecule has 2 aliphatic rings. The van der Waals surface area contributed by atoms with Gasteiger partial charge in [-0.15, -0.1) is 11.8 Å². The predicted molar refractivity (Wildman–Crippen MR) is 124 cm³/mol. The topological polar surface area (TPSA) is 41.6 Å². The molecular formula is C25H29F3N2O2S. The van der Waals surface area contributed by atoms with Gasteiger partial charge in [-0.25, -0.2) is 0 Å². The number of amides is 1. The second kappa shape index (κ2) is 9.58. The summed E-state index contributed by atoms with van der Waals surface area (Å²) in [5.74, 6) is -0.465. The first-order valence-electron chi connectivity index (χ1n) is 11.3. The van der Waals surface area contributed by atoms with Crippen LogP contribution in [0.25, 0.3) is 0 Å². The molecule has 2 saturated heterocycles. The van der Waals surface area contributed by atoms with Crippen molar-refractivity contribution in [1.82, 2.24) is 10.2 Å². The molecule has 8 heteroatoms. The lowest BCUT2D eigenvalue weighted by Gasteiger charge is -2.53. The Morgan fingerprint density at radius 3 is 2.55 bits per heavy atom. The molecule has 2 aliphatic heterocycles. The highest BCUT2D eigenvalue weighted by molar-refractivity contribution is 7.98. The van der Waals surface area contributed by atoms with E-state index in [0.717, 1.165) is 74.7 Å². The van der Waals surface area contributed by atoms with Gasteiger partial charge in [0.05, 0.1) is 23.8 Å². The van der Waals surface area contributed by atoms with Crippen molar-refractivity contribution in [2.75, 3.05) is 26.5 Å². The number of carbonyl (C=O) groups is 1. The number of methoxy groups -OCH3 is 1. The molecule has 2 fully saturated rings. The van der Waals surface area contributed by atoms with E-state index in [9.17, 15) is 18.0 Å². The van der Waals surface area contributed by atoms with E-state index >= 15 is 0 Å². The first-order chi connectivity index (χ1) is 15.8. The summed E-state index contributed by atoms with van der Waals surface area (Å²) < 4.78 is 45.6. The van der Waals surface area contributed by atoms with E-state index in [2.05, 4.69) is 10.2 Å². The number of hydrogen-bond acceptors (Lipinski definition) is 4. The van der Waals surface area contributed by atoms with Gasteiger partial charge in [0.1, 0.15) is 5.75 Å². The minimum Gasteiger partial charge on any atom is -0.496 e. The second-order valence-electron chi connectivity index (χ2n) is 8.70. The number of carbonyl (C=O) groups excluding carboxylic acids is 1. The number of fused-ring (bicyclic) bond motifs is 1. The van der Waals surface area contributed by atoms with Crippen LogP contribution in [-0.4, -0.2) is 43.3 Å². The predicted octanol–water partition coefficient (Wildman–Crippen LogP) is 5.71. The fraction of sp³-hybridized carbons (Fsp3) is 0.480. The van der Waals surface area contributed by atoms with Crippen LogP contribution in [0.1, 0.15) is 53.6 Å². The summed E-state index contributed by atoms with van der Waals surface area (Å²) in [4.78, 5) is 16.5. The molecule has 0 spiro atoms. The van der Waals surface area contributed by atoms with Crippen molar-refractivity contribution >= 4 is 17.7 Å². The number of piperidine rings is 2. The summed E-state index contributed by atoms with van der Waals surface area (Å²) in [7, 11) is 1.30. The number of benzene rings is 2. The van der Waals surface area contributed by atoms with Gasteiger partial charge in [-0.3, -0.25) is 9.69 Å². The van der Waals surface area contributed by atoms with E-state index in [-0.39, 0.29) is 22.3 Å². The maximum absolute atomic E-state index is 13.8. The summed E-state index contributed by atoms with van der Waals surface area (Å²) in [5, 5.41) is 3.32. The van der Waals surface area contributed by atoms with E-state index in [0.29, 0.717) is 0 Å². The fourth-order valence-corrected chi connectivity index (χ4v) is 6.04. The van der Waals surface area contributed by atoms with Crippen molar-refractivity contribution in [2.24, 2.45) is 0 Å². The van der Waals surface area contributed by atoms with Crippen LogP contribution in [0.4, 0.5) is 13.2 Å². The first-order valence-corrected chi connectivity index (χ1v) is 12.5. The summed E-state index contributed by atoms with van der Waals surface area (Å²) in [6.07, 6.45) is 2.05. The number of rotatable bonds is 5. The first kappa shape index (κ1) is 24.0. The third-order valence-corrected chi connectivity index (χ3v) is 7.65. The molecule has 0 saturated carbocycles. The number of nitrogens with one attached hydrogen (secondary N) is 1. The van der Waals surface area contributed by atoms with E-state index < -0.39 is 23.2 Å². The van der Waals surface area contributed by atoms with Gasteiger partial charge in [0.2, 0.25) is 0 Å². The summed E-state index contributed by atoms with van der Waals surface area (Å²) in [5.41, 5.74) is -0.248. The van der Waals surface area contributed by atoms with Crippen LogP contribution in [0.5, 0.6) is 5.75 Å². The standard InChI is InChI=1S/C25H29F3N2O2S/c1-32-19-15-18(25(26,27)28)16-20(33-2)22(19)23(31)29-24(17-9-4-3-5-10-17)12-8-14-30-13-7-6-11-21(24)30/h3-5,9-10,15-16,21H,6-8,11-14H2,1-2H3,(H,29,31)/t21?,24-/m1/s1. The summed E-state index contributed by atoms with van der Waals surface area (Å²) in [6, 6.07) is 12.1. The third-order valence-electron chi connectivity index (χ3n) is 6.88. The van der Waals surface area contributed by atoms with Crippen LogP contribution in [0.2, 0.25) is 0 Å². The summed E-state index contributed by atoms with van der Waals surface area (Å²) in [6.45, 7) is 1.99. The number of nitrogens with zero attached hydrogens (tertiary/aromatic N) is 1. The Morgan fingerprint density at radius 1 is 1.15 bits per heavy atom. The molecule has 2 heterocycles. The van der Waals surface area contributed by atoms with Crippen LogP contribution in [0.15, 0.2) is 47.4 Å². The van der Waals surface area contributed by atoms with Gasteiger partial charge < -0.3 is 10.1 Å². The van der Waals surface area contributed by atoms with Crippen LogP contribution in [0, 0.1) is 0 Å². The van der Waals surface area contributed by atoms with E-state index in [1.807, 2.05) is 30.3 Å². The molecule has 0 radical (unpaired) electrons. The van der Waals surface area contributed by atoms with Crippen molar-refractivity contribution < 1.29 is 22.7 Å². The molecule has 33 heavy (non-hydrogen) atoms. The molecule has 2 atom stereocenters. The zero-order valence-electron chi connectivity index (χ0n) is 18.9. The highest BCUT2D eigenvalue weighted by atomic mass is 32.2. The lowest BCUT2D eigenvalue weighted by Crippen LogP contribution is -2.64. The molecule has 4 nitrogen and oxygen atoms in total. The lowest BCUT2D eigenvalue weighted by atomic mass is 9.72. The van der Waals surface area contributed by atoms with Crippen molar-refractivity contribution in [2.45, 2.75) is 54.8 Å². The van der Waals surface area contributed by atoms with Crippen LogP contribution >= 0.6 is 11.8 Å². The maximum Gasteiger partial charge on any atom is 0.416 e. The van der Waals surface area contributed by atoms with Crippen molar-refractivity contribution in [3.63, 3.8) is 0 Å². The van der Waals surface area contributed by atoms with Crippen LogP contribution < -0.4 is 10.1 Å². The molecule has 0 aliphatic carbocycles. The number of halogens is 3. The zero-order valence-corrected chi connectivity index (χ0v) is 19.7. The van der Waals surface area contributed by atoms with Gasteiger partial charge in [0, 0.05) is 10.9 Å². The molecule has 2 aromatic carbocycles. The minimum absolute atomic E-state index is 0.0637. The minimum atomic E-state index is -4.52. The SMILES string of the molecule is COc1cc(C(F)(F)F)cc(SC)c1C(=O)N[C@@]1(c2ccccc2)CCCN2CCCCC21. The van der Waals surface area contributed by atoms with Crippen molar-refractivity contribution in [3.05, 3.63) is 59.2 Å². The van der Waals surface area contributed by atoms with Crippen molar-refractivity contribution in [3.8, 4) is 5.75 Å². The molecule has 1 amide bonds. The Labute approximate surface area is 196 Å². The zero-order chi connectivity index (χ0) is 23.6. The number of ether oxygens (including phenoxy) is 1. The van der Waals surface area contributed by atoms with Gasteiger partial charge in [0.15, 0.2) is 0 Å². The van der Waals surface area contributed by atoms with Crippen LogP contribution in [-0.2, 0) is 11.7 Å². The highest BCUT2D eigenvalue weighted by Gasteiger charge is 2.48. The quantitative estimate of drug-likeness (QED) is 0.559. The molecule has 4 rings (SSSR count). The highest BCUT2D eigenvalue weighted by Crippen LogP contribution is 2.43. The van der Waals surface area contributed by atoms with Gasteiger partial charge in [0.25, 0.3) is 5.91 Å². The van der Waals surface area contributed by atoms with Gasteiger partial charge in [-0.1, -0.05) is 36.8 Å². The second-order valence-corrected chi connectivity index (χ2v) is 9.54. The molecule has 1 N–H and O–H groups in total. The maximum atomic E-state index is 13.8. The van der Waals surface area contributed by atoms with Gasteiger partial charge >= 0.3 is 6.18 Å². The lowest BCUT2D eigenvalue weighted by molar-refractivity contribution is -0.137. The smallest absolute Gasteiger partial charge is 0.416 e. The van der Waals surface area contributed by atoms with E-state index in [1.165, 1.54) is 7.11 Å².